The maximum Gasteiger partial charge on any atom is 0.261 e. The van der Waals surface area contributed by atoms with E-state index in [0.717, 1.165) is 6.42 Å². The summed E-state index contributed by atoms with van der Waals surface area (Å²) < 4.78 is 23.4. The number of guanidine groups is 1. The van der Waals surface area contributed by atoms with Crippen molar-refractivity contribution in [2.75, 3.05) is 39.0 Å². The molecule has 0 atom stereocenters. The summed E-state index contributed by atoms with van der Waals surface area (Å²) in [7, 11) is -1.38. The van der Waals surface area contributed by atoms with Crippen molar-refractivity contribution >= 4 is 33.0 Å². The predicted molar refractivity (Wildman–Crippen MR) is 102 cm³/mol. The highest BCUT2D eigenvalue weighted by molar-refractivity contribution is 7.92. The Labute approximate surface area is 153 Å². The Morgan fingerprint density at radius 2 is 2.08 bits per heavy atom. The van der Waals surface area contributed by atoms with Gasteiger partial charge in [0.25, 0.3) is 5.91 Å². The first kappa shape index (κ1) is 19.7. The molecule has 7 nitrogen and oxygen atoms in total. The van der Waals surface area contributed by atoms with Gasteiger partial charge >= 0.3 is 0 Å². The second-order valence-corrected chi connectivity index (χ2v) is 10.3. The molecule has 1 amide bonds. The lowest BCUT2D eigenvalue weighted by Gasteiger charge is -2.39. The number of hydrogen-bond donors (Lipinski definition) is 2. The number of carbonyl (C=O) groups is 1. The minimum atomic E-state index is -3.07. The third kappa shape index (κ3) is 4.94. The van der Waals surface area contributed by atoms with E-state index in [-0.39, 0.29) is 11.7 Å². The summed E-state index contributed by atoms with van der Waals surface area (Å²) in [5.41, 5.74) is 0. The van der Waals surface area contributed by atoms with E-state index in [0.29, 0.717) is 37.0 Å². The fourth-order valence-corrected chi connectivity index (χ4v) is 4.65. The van der Waals surface area contributed by atoms with E-state index >= 15 is 0 Å². The van der Waals surface area contributed by atoms with Gasteiger partial charge < -0.3 is 15.5 Å². The molecule has 0 aliphatic carbocycles. The van der Waals surface area contributed by atoms with Crippen molar-refractivity contribution in [1.82, 2.24) is 15.5 Å². The molecule has 0 unspecified atom stereocenters. The number of aliphatic imine (C=N–C) groups is 1. The standard InChI is InChI=1S/C16H26N4O3S2/c1-16(2)12-20(9-11-25(16,22)23)15(17-3)19-8-5-7-18-14(21)13-6-4-10-24-13/h4,6,10H,5,7-9,11-12H2,1-3H3,(H,17,19)(H,18,21). The summed E-state index contributed by atoms with van der Waals surface area (Å²) in [5.74, 6) is 0.785. The third-order valence-corrected chi connectivity index (χ3v) is 7.62. The van der Waals surface area contributed by atoms with Crippen molar-refractivity contribution in [3.63, 3.8) is 0 Å². The topological polar surface area (TPSA) is 90.9 Å². The molecule has 140 valence electrons. The number of amides is 1. The van der Waals surface area contributed by atoms with E-state index in [2.05, 4.69) is 15.6 Å². The molecule has 1 saturated heterocycles. The molecule has 0 bridgehead atoms. The largest absolute Gasteiger partial charge is 0.356 e. The van der Waals surface area contributed by atoms with E-state index in [1.54, 1.807) is 27.0 Å². The van der Waals surface area contributed by atoms with E-state index in [1.807, 2.05) is 16.3 Å². The van der Waals surface area contributed by atoms with Crippen molar-refractivity contribution in [3.05, 3.63) is 22.4 Å². The lowest BCUT2D eigenvalue weighted by atomic mass is 10.2. The molecule has 2 N–H and O–H groups in total. The van der Waals surface area contributed by atoms with Crippen LogP contribution in [0.15, 0.2) is 22.5 Å². The first-order chi connectivity index (χ1) is 11.8. The number of thiophene rings is 1. The Kier molecular flexibility index (Phi) is 6.45. The minimum absolute atomic E-state index is 0.0534. The molecule has 2 rings (SSSR count). The molecule has 1 aromatic rings. The highest BCUT2D eigenvalue weighted by atomic mass is 32.2. The minimum Gasteiger partial charge on any atom is -0.356 e. The van der Waals surface area contributed by atoms with Crippen LogP contribution in [0.5, 0.6) is 0 Å². The van der Waals surface area contributed by atoms with Crippen molar-refractivity contribution in [3.8, 4) is 0 Å². The van der Waals surface area contributed by atoms with Crippen LogP contribution in [0.1, 0.15) is 29.9 Å². The molecular weight excluding hydrogens is 360 g/mol. The van der Waals surface area contributed by atoms with Gasteiger partial charge in [0.1, 0.15) is 0 Å². The number of nitrogens with zero attached hydrogens (tertiary/aromatic N) is 2. The zero-order valence-electron chi connectivity index (χ0n) is 14.9. The van der Waals surface area contributed by atoms with Gasteiger partial charge in [0, 0.05) is 33.2 Å². The SMILES string of the molecule is CN=C(NCCCNC(=O)c1cccs1)N1CCS(=O)(=O)C(C)(C)C1. The molecule has 2 heterocycles. The highest BCUT2D eigenvalue weighted by Gasteiger charge is 2.40. The van der Waals surface area contributed by atoms with Gasteiger partial charge in [-0.25, -0.2) is 8.42 Å². The lowest BCUT2D eigenvalue weighted by Crippen LogP contribution is -2.57. The van der Waals surface area contributed by atoms with Gasteiger partial charge in [0.05, 0.1) is 15.4 Å². The van der Waals surface area contributed by atoms with Gasteiger partial charge in [0.2, 0.25) is 0 Å². The van der Waals surface area contributed by atoms with Gasteiger partial charge in [-0.2, -0.15) is 0 Å². The van der Waals surface area contributed by atoms with Crippen molar-refractivity contribution in [1.29, 1.82) is 0 Å². The summed E-state index contributed by atoms with van der Waals surface area (Å²) in [5, 5.41) is 8.00. The smallest absolute Gasteiger partial charge is 0.261 e. The molecule has 0 aromatic carbocycles. The Morgan fingerprint density at radius 1 is 1.36 bits per heavy atom. The summed E-state index contributed by atoms with van der Waals surface area (Å²) in [6.07, 6.45) is 0.756. The van der Waals surface area contributed by atoms with Gasteiger partial charge in [-0.05, 0) is 31.7 Å². The Bertz CT molecular complexity index is 712. The second kappa shape index (κ2) is 8.18. The van der Waals surface area contributed by atoms with Crippen molar-refractivity contribution < 1.29 is 13.2 Å². The fourth-order valence-electron chi connectivity index (χ4n) is 2.64. The molecule has 0 radical (unpaired) electrons. The van der Waals surface area contributed by atoms with Crippen LogP contribution in [0.25, 0.3) is 0 Å². The monoisotopic (exact) mass is 386 g/mol. The maximum absolute atomic E-state index is 12.1. The summed E-state index contributed by atoms with van der Waals surface area (Å²) >= 11 is 1.42. The number of rotatable bonds is 5. The first-order valence-electron chi connectivity index (χ1n) is 8.26. The van der Waals surface area contributed by atoms with Crippen LogP contribution in [0, 0.1) is 0 Å². The van der Waals surface area contributed by atoms with Gasteiger partial charge in [-0.3, -0.25) is 9.79 Å². The second-order valence-electron chi connectivity index (χ2n) is 6.56. The molecule has 1 aliphatic rings. The highest BCUT2D eigenvalue weighted by Crippen LogP contribution is 2.23. The van der Waals surface area contributed by atoms with Crippen LogP contribution in [-0.4, -0.2) is 68.9 Å². The van der Waals surface area contributed by atoms with Crippen LogP contribution < -0.4 is 10.6 Å². The average Bonchev–Trinajstić information content (AvgIpc) is 3.08. The molecule has 1 fully saturated rings. The summed E-state index contributed by atoms with van der Waals surface area (Å²) in [6, 6.07) is 3.65. The van der Waals surface area contributed by atoms with Crippen molar-refractivity contribution in [2.45, 2.75) is 25.0 Å². The predicted octanol–water partition coefficient (Wildman–Crippen LogP) is 0.952. The zero-order chi connectivity index (χ0) is 18.5. The van der Waals surface area contributed by atoms with Gasteiger partial charge in [-0.1, -0.05) is 6.07 Å². The van der Waals surface area contributed by atoms with E-state index in [9.17, 15) is 13.2 Å². The number of carbonyl (C=O) groups excluding carboxylic acids is 1. The van der Waals surface area contributed by atoms with Crippen LogP contribution in [0.4, 0.5) is 0 Å². The van der Waals surface area contributed by atoms with E-state index in [4.69, 9.17) is 0 Å². The van der Waals surface area contributed by atoms with Crippen LogP contribution in [0.3, 0.4) is 0 Å². The molecule has 25 heavy (non-hydrogen) atoms. The van der Waals surface area contributed by atoms with Gasteiger partial charge in [0.15, 0.2) is 15.8 Å². The Morgan fingerprint density at radius 3 is 2.68 bits per heavy atom. The number of hydrogen-bond acceptors (Lipinski definition) is 5. The normalized spacial score (nSPS) is 19.5. The zero-order valence-corrected chi connectivity index (χ0v) is 16.5. The van der Waals surface area contributed by atoms with Gasteiger partial charge in [-0.15, -0.1) is 11.3 Å². The molecule has 0 spiro atoms. The molecule has 1 aliphatic heterocycles. The van der Waals surface area contributed by atoms with Crippen LogP contribution in [-0.2, 0) is 9.84 Å². The molecule has 9 heteroatoms. The maximum atomic E-state index is 12.1. The molecule has 0 saturated carbocycles. The molecule has 1 aromatic heterocycles. The van der Waals surface area contributed by atoms with E-state index in [1.165, 1.54) is 11.3 Å². The number of nitrogens with one attached hydrogen (secondary N) is 2. The van der Waals surface area contributed by atoms with Crippen molar-refractivity contribution in [2.24, 2.45) is 4.99 Å². The van der Waals surface area contributed by atoms with E-state index < -0.39 is 14.6 Å². The lowest BCUT2D eigenvalue weighted by molar-refractivity contribution is 0.0957. The van der Waals surface area contributed by atoms with Crippen LogP contribution in [0.2, 0.25) is 0 Å². The summed E-state index contributed by atoms with van der Waals surface area (Å²) in [4.78, 5) is 18.8. The summed E-state index contributed by atoms with van der Waals surface area (Å²) in [6.45, 7) is 5.59. The van der Waals surface area contributed by atoms with Crippen LogP contribution >= 0.6 is 11.3 Å². The fraction of sp³-hybridized carbons (Fsp3) is 0.625. The molecular formula is C16H26N4O3S2. The quantitative estimate of drug-likeness (QED) is 0.447. The average molecular weight is 387 g/mol. The Hall–Kier alpha value is -1.61. The third-order valence-electron chi connectivity index (χ3n) is 4.22. The number of sulfone groups is 1. The first-order valence-corrected chi connectivity index (χ1v) is 10.8. The Balaban J connectivity index is 1.75.